The third kappa shape index (κ3) is 1.16. The van der Waals surface area contributed by atoms with Crippen LogP contribution in [-0.4, -0.2) is 25.8 Å². The van der Waals surface area contributed by atoms with Crippen molar-refractivity contribution in [2.45, 2.75) is 6.92 Å². The second-order valence-electron chi connectivity index (χ2n) is 3.09. The summed E-state index contributed by atoms with van der Waals surface area (Å²) < 4.78 is 0. The van der Waals surface area contributed by atoms with Crippen molar-refractivity contribution in [1.29, 1.82) is 0 Å². The van der Waals surface area contributed by atoms with Crippen LogP contribution in [0.2, 0.25) is 0 Å². The van der Waals surface area contributed by atoms with E-state index in [1.807, 2.05) is 6.21 Å². The summed E-state index contributed by atoms with van der Waals surface area (Å²) in [5.41, 5.74) is 2.53. The van der Waals surface area contributed by atoms with Gasteiger partial charge in [-0.15, -0.1) is 0 Å². The zero-order valence-electron chi connectivity index (χ0n) is 6.72. The molecule has 2 rings (SSSR count). The number of rotatable bonds is 0. The minimum atomic E-state index is 0.584. The maximum atomic E-state index is 4.40. The second-order valence-corrected chi connectivity index (χ2v) is 3.09. The third-order valence-corrected chi connectivity index (χ3v) is 2.17. The summed E-state index contributed by atoms with van der Waals surface area (Å²) >= 11 is 0. The molecule has 0 fully saturated rings. The van der Waals surface area contributed by atoms with E-state index >= 15 is 0 Å². The summed E-state index contributed by atoms with van der Waals surface area (Å²) in [7, 11) is 0. The van der Waals surface area contributed by atoms with Crippen molar-refractivity contribution in [2.75, 3.05) is 19.6 Å². The average molecular weight is 151 g/mol. The number of nitrogens with zero attached hydrogens (tertiary/aromatic N) is 1. The molecule has 60 valence electrons. The number of hydrogen-bond donors (Lipinski definition) is 2. The van der Waals surface area contributed by atoms with Crippen LogP contribution in [0.3, 0.4) is 0 Å². The van der Waals surface area contributed by atoms with Gasteiger partial charge in [0.1, 0.15) is 0 Å². The Bertz CT molecular complexity index is 217. The van der Waals surface area contributed by atoms with Gasteiger partial charge in [0.15, 0.2) is 0 Å². The zero-order chi connectivity index (χ0) is 7.68. The molecule has 2 aliphatic heterocycles. The Hall–Kier alpha value is -0.830. The van der Waals surface area contributed by atoms with Gasteiger partial charge in [-0.05, 0) is 0 Å². The first-order valence-corrected chi connectivity index (χ1v) is 4.08. The Balaban J connectivity index is 2.26. The molecule has 2 heterocycles. The van der Waals surface area contributed by atoms with Crippen molar-refractivity contribution in [3.8, 4) is 0 Å². The first-order valence-electron chi connectivity index (χ1n) is 4.08. The topological polar surface area (TPSA) is 36.4 Å². The van der Waals surface area contributed by atoms with Crippen molar-refractivity contribution in [2.24, 2.45) is 10.9 Å². The van der Waals surface area contributed by atoms with Crippen LogP contribution in [0.4, 0.5) is 0 Å². The van der Waals surface area contributed by atoms with E-state index in [1.54, 1.807) is 0 Å². The van der Waals surface area contributed by atoms with Gasteiger partial charge in [-0.1, -0.05) is 6.92 Å². The van der Waals surface area contributed by atoms with E-state index in [-0.39, 0.29) is 0 Å². The summed E-state index contributed by atoms with van der Waals surface area (Å²) in [5, 5.41) is 6.62. The monoisotopic (exact) mass is 151 g/mol. The van der Waals surface area contributed by atoms with Crippen LogP contribution >= 0.6 is 0 Å². The molecule has 0 saturated carbocycles. The zero-order valence-corrected chi connectivity index (χ0v) is 6.72. The summed E-state index contributed by atoms with van der Waals surface area (Å²) in [6, 6.07) is 0. The Labute approximate surface area is 66.6 Å². The van der Waals surface area contributed by atoms with Crippen LogP contribution in [-0.2, 0) is 0 Å². The molecular formula is C8H13N3. The highest BCUT2D eigenvalue weighted by Gasteiger charge is 2.20. The lowest BCUT2D eigenvalue weighted by Gasteiger charge is -2.01. The third-order valence-electron chi connectivity index (χ3n) is 2.17. The molecule has 0 bridgehead atoms. The summed E-state index contributed by atoms with van der Waals surface area (Å²) in [6.07, 6.45) is 1.95. The van der Waals surface area contributed by atoms with Gasteiger partial charge >= 0.3 is 0 Å². The van der Waals surface area contributed by atoms with Crippen LogP contribution in [0.5, 0.6) is 0 Å². The Morgan fingerprint density at radius 1 is 1.64 bits per heavy atom. The maximum absolute atomic E-state index is 4.40. The van der Waals surface area contributed by atoms with Crippen molar-refractivity contribution in [3.05, 3.63) is 11.4 Å². The fourth-order valence-corrected chi connectivity index (χ4v) is 1.52. The molecule has 3 heteroatoms. The highest BCUT2D eigenvalue weighted by Crippen LogP contribution is 2.20. The minimum Gasteiger partial charge on any atom is -0.385 e. The molecule has 0 amide bonds. The predicted octanol–water partition coefficient (Wildman–Crippen LogP) is 0.111. The molecule has 0 aromatic heterocycles. The minimum absolute atomic E-state index is 0.584. The van der Waals surface area contributed by atoms with Gasteiger partial charge in [0, 0.05) is 37.5 Å². The van der Waals surface area contributed by atoms with Crippen LogP contribution < -0.4 is 10.6 Å². The Kier molecular flexibility index (Phi) is 1.66. The van der Waals surface area contributed by atoms with E-state index in [2.05, 4.69) is 22.5 Å². The fraction of sp³-hybridized carbons (Fsp3) is 0.625. The van der Waals surface area contributed by atoms with Gasteiger partial charge in [0.2, 0.25) is 0 Å². The molecule has 0 aliphatic carbocycles. The molecule has 1 unspecified atom stereocenters. The van der Waals surface area contributed by atoms with Gasteiger partial charge in [0.25, 0.3) is 0 Å². The Morgan fingerprint density at radius 2 is 2.55 bits per heavy atom. The van der Waals surface area contributed by atoms with Crippen molar-refractivity contribution in [1.82, 2.24) is 10.6 Å². The number of nitrogens with one attached hydrogen (secondary N) is 2. The van der Waals surface area contributed by atoms with Crippen LogP contribution in [0, 0.1) is 5.92 Å². The van der Waals surface area contributed by atoms with E-state index in [9.17, 15) is 0 Å². The van der Waals surface area contributed by atoms with Crippen molar-refractivity contribution < 1.29 is 0 Å². The lowest BCUT2D eigenvalue weighted by Crippen LogP contribution is -2.23. The summed E-state index contributed by atoms with van der Waals surface area (Å²) in [4.78, 5) is 4.40. The summed E-state index contributed by atoms with van der Waals surface area (Å²) in [5.74, 6) is 0.584. The van der Waals surface area contributed by atoms with Crippen molar-refractivity contribution in [3.63, 3.8) is 0 Å². The molecule has 0 radical (unpaired) electrons. The molecule has 2 N–H and O–H groups in total. The first kappa shape index (κ1) is 6.85. The van der Waals surface area contributed by atoms with E-state index in [4.69, 9.17) is 0 Å². The normalized spacial score (nSPS) is 29.7. The predicted molar refractivity (Wildman–Crippen MR) is 45.6 cm³/mol. The van der Waals surface area contributed by atoms with Gasteiger partial charge in [-0.2, -0.15) is 0 Å². The molecule has 1 atom stereocenters. The summed E-state index contributed by atoms with van der Waals surface area (Å²) in [6.45, 7) is 5.09. The average Bonchev–Trinajstić information content (AvgIpc) is 2.25. The van der Waals surface area contributed by atoms with Crippen molar-refractivity contribution >= 4 is 6.21 Å². The van der Waals surface area contributed by atoms with Crippen LogP contribution in [0.1, 0.15) is 6.92 Å². The van der Waals surface area contributed by atoms with E-state index in [0.29, 0.717) is 5.92 Å². The van der Waals surface area contributed by atoms with E-state index in [1.165, 1.54) is 11.4 Å². The molecule has 0 saturated heterocycles. The molecule has 0 spiro atoms. The second kappa shape index (κ2) is 2.66. The largest absolute Gasteiger partial charge is 0.385 e. The highest BCUT2D eigenvalue weighted by atomic mass is 15.0. The smallest absolute Gasteiger partial charge is 0.0648 e. The highest BCUT2D eigenvalue weighted by molar-refractivity contribution is 5.62. The first-order chi connectivity index (χ1) is 5.38. The van der Waals surface area contributed by atoms with Gasteiger partial charge in [-0.25, -0.2) is 0 Å². The standard InChI is InChI=1S/C8H13N3/c1-6-4-11-7-5-9-2-3-10-8(6)7/h3,6,9,11H,2,4-5H2,1H3. The molecule has 2 aliphatic rings. The molecule has 11 heavy (non-hydrogen) atoms. The molecular weight excluding hydrogens is 138 g/mol. The van der Waals surface area contributed by atoms with E-state index < -0.39 is 0 Å². The maximum Gasteiger partial charge on any atom is 0.0648 e. The fourth-order valence-electron chi connectivity index (χ4n) is 1.52. The lowest BCUT2D eigenvalue weighted by atomic mass is 10.1. The van der Waals surface area contributed by atoms with E-state index in [0.717, 1.165) is 19.6 Å². The quantitative estimate of drug-likeness (QED) is 0.515. The van der Waals surface area contributed by atoms with Gasteiger partial charge in [0.05, 0.1) is 5.70 Å². The molecule has 0 aromatic carbocycles. The number of hydrogen-bond acceptors (Lipinski definition) is 3. The molecule has 0 aromatic rings. The molecule has 3 nitrogen and oxygen atoms in total. The number of aliphatic imine (C=N–C) groups is 1. The van der Waals surface area contributed by atoms with Crippen LogP contribution in [0.15, 0.2) is 16.4 Å². The SMILES string of the molecule is CC1CNC2=C1N=CCNC2. The van der Waals surface area contributed by atoms with Gasteiger partial charge < -0.3 is 10.6 Å². The lowest BCUT2D eigenvalue weighted by molar-refractivity contribution is 0.677. The van der Waals surface area contributed by atoms with Crippen LogP contribution in [0.25, 0.3) is 0 Å². The Morgan fingerprint density at radius 3 is 3.45 bits per heavy atom. The van der Waals surface area contributed by atoms with Gasteiger partial charge in [-0.3, -0.25) is 4.99 Å².